The molecule has 5 nitrogen and oxygen atoms in total. The second-order valence-electron chi connectivity index (χ2n) is 4.64. The molecule has 0 aromatic heterocycles. The van der Waals surface area contributed by atoms with Crippen LogP contribution in [-0.2, 0) is 9.59 Å². The molecular formula is C13H13NO4. The quantitative estimate of drug-likeness (QED) is 0.854. The van der Waals surface area contributed by atoms with Gasteiger partial charge in [0, 0.05) is 5.92 Å². The van der Waals surface area contributed by atoms with E-state index in [1.165, 1.54) is 0 Å². The molecule has 1 heterocycles. The topological polar surface area (TPSA) is 66.8 Å². The molecule has 1 fully saturated rings. The van der Waals surface area contributed by atoms with Gasteiger partial charge >= 0.3 is 5.97 Å². The van der Waals surface area contributed by atoms with E-state index in [-0.39, 0.29) is 18.4 Å². The first kappa shape index (κ1) is 11.1. The number of carboxylic acid groups (broad SMARTS) is 1. The number of ether oxygens (including phenoxy) is 1. The Morgan fingerprint density at radius 2 is 2.00 bits per heavy atom. The fourth-order valence-corrected chi connectivity index (χ4v) is 2.12. The number of carboxylic acids is 1. The summed E-state index contributed by atoms with van der Waals surface area (Å²) in [7, 11) is 0. The molecule has 2 aliphatic rings. The molecule has 0 radical (unpaired) electrons. The lowest BCUT2D eigenvalue weighted by molar-refractivity contribution is -0.145. The Kier molecular flexibility index (Phi) is 2.47. The number of para-hydroxylation sites is 2. The number of carbonyl (C=O) groups excluding carboxylic acids is 1. The van der Waals surface area contributed by atoms with Crippen molar-refractivity contribution in [2.24, 2.45) is 5.92 Å². The van der Waals surface area contributed by atoms with Crippen molar-refractivity contribution in [2.45, 2.75) is 18.9 Å². The third kappa shape index (κ3) is 1.81. The van der Waals surface area contributed by atoms with Gasteiger partial charge < -0.3 is 14.7 Å². The number of anilines is 1. The molecule has 1 N–H and O–H groups in total. The van der Waals surface area contributed by atoms with E-state index in [1.807, 2.05) is 6.07 Å². The van der Waals surface area contributed by atoms with Crippen molar-refractivity contribution in [3.05, 3.63) is 24.3 Å². The first-order chi connectivity index (χ1) is 8.66. The molecule has 1 aromatic carbocycles. The second kappa shape index (κ2) is 4.01. The molecule has 1 atom stereocenters. The molecule has 0 spiro atoms. The molecule has 0 bridgehead atoms. The zero-order chi connectivity index (χ0) is 12.7. The summed E-state index contributed by atoms with van der Waals surface area (Å²) >= 11 is 0. The number of amides is 1. The van der Waals surface area contributed by atoms with Crippen LogP contribution in [-0.4, -0.2) is 29.6 Å². The van der Waals surface area contributed by atoms with Crippen LogP contribution in [0.2, 0.25) is 0 Å². The van der Waals surface area contributed by atoms with Crippen LogP contribution in [0.5, 0.6) is 5.75 Å². The van der Waals surface area contributed by atoms with E-state index < -0.39 is 12.1 Å². The maximum atomic E-state index is 12.2. The van der Waals surface area contributed by atoms with E-state index in [9.17, 15) is 9.59 Å². The van der Waals surface area contributed by atoms with Gasteiger partial charge in [0.15, 0.2) is 0 Å². The Labute approximate surface area is 104 Å². The molecule has 0 unspecified atom stereocenters. The number of carbonyl (C=O) groups is 2. The predicted molar refractivity (Wildman–Crippen MR) is 63.6 cm³/mol. The minimum absolute atomic E-state index is 0.0111. The van der Waals surface area contributed by atoms with Gasteiger partial charge in [-0.05, 0) is 25.0 Å². The van der Waals surface area contributed by atoms with Crippen LogP contribution in [0.3, 0.4) is 0 Å². The highest BCUT2D eigenvalue weighted by molar-refractivity contribution is 5.99. The first-order valence-corrected chi connectivity index (χ1v) is 5.96. The fourth-order valence-electron chi connectivity index (χ4n) is 2.12. The summed E-state index contributed by atoms with van der Waals surface area (Å²) in [5.74, 6) is -0.508. The molecule has 1 saturated carbocycles. The SMILES string of the molecule is O=C(O)[C@H]1CN(C(=O)C2CC2)c2ccccc2O1. The van der Waals surface area contributed by atoms with E-state index >= 15 is 0 Å². The van der Waals surface area contributed by atoms with Crippen molar-refractivity contribution < 1.29 is 19.4 Å². The van der Waals surface area contributed by atoms with E-state index in [0.717, 1.165) is 12.8 Å². The fraction of sp³-hybridized carbons (Fsp3) is 0.385. The molecule has 1 aliphatic heterocycles. The van der Waals surface area contributed by atoms with Crippen LogP contribution in [0.4, 0.5) is 5.69 Å². The molecule has 3 rings (SSSR count). The Hall–Kier alpha value is -2.04. The van der Waals surface area contributed by atoms with E-state index in [0.29, 0.717) is 11.4 Å². The van der Waals surface area contributed by atoms with E-state index in [1.54, 1.807) is 23.1 Å². The first-order valence-electron chi connectivity index (χ1n) is 5.96. The highest BCUT2D eigenvalue weighted by Crippen LogP contribution is 2.38. The van der Waals surface area contributed by atoms with Crippen LogP contribution in [0.25, 0.3) is 0 Å². The smallest absolute Gasteiger partial charge is 0.346 e. The van der Waals surface area contributed by atoms with Gasteiger partial charge in [-0.15, -0.1) is 0 Å². The Morgan fingerprint density at radius 1 is 1.28 bits per heavy atom. The van der Waals surface area contributed by atoms with E-state index in [2.05, 4.69) is 0 Å². The zero-order valence-corrected chi connectivity index (χ0v) is 9.70. The minimum atomic E-state index is -1.04. The summed E-state index contributed by atoms with van der Waals surface area (Å²) in [6.07, 6.45) is 0.814. The Morgan fingerprint density at radius 3 is 2.67 bits per heavy atom. The van der Waals surface area contributed by atoms with Crippen molar-refractivity contribution in [3.8, 4) is 5.75 Å². The summed E-state index contributed by atoms with van der Waals surface area (Å²) < 4.78 is 5.38. The van der Waals surface area contributed by atoms with Crippen molar-refractivity contribution in [2.75, 3.05) is 11.4 Å². The van der Waals surface area contributed by atoms with E-state index in [4.69, 9.17) is 9.84 Å². The lowest BCUT2D eigenvalue weighted by Crippen LogP contribution is -2.47. The van der Waals surface area contributed by atoms with Crippen LogP contribution in [0.1, 0.15) is 12.8 Å². The number of benzene rings is 1. The van der Waals surface area contributed by atoms with Crippen LogP contribution in [0.15, 0.2) is 24.3 Å². The van der Waals surface area contributed by atoms with Crippen LogP contribution < -0.4 is 9.64 Å². The molecule has 5 heteroatoms. The maximum absolute atomic E-state index is 12.2. The average Bonchev–Trinajstić information content (AvgIpc) is 3.20. The summed E-state index contributed by atoms with van der Waals surface area (Å²) in [6, 6.07) is 7.06. The van der Waals surface area contributed by atoms with Crippen molar-refractivity contribution in [3.63, 3.8) is 0 Å². The van der Waals surface area contributed by atoms with Crippen molar-refractivity contribution in [1.82, 2.24) is 0 Å². The van der Waals surface area contributed by atoms with Gasteiger partial charge in [-0.25, -0.2) is 4.79 Å². The molecule has 0 saturated heterocycles. The second-order valence-corrected chi connectivity index (χ2v) is 4.64. The monoisotopic (exact) mass is 247 g/mol. The third-order valence-electron chi connectivity index (χ3n) is 3.24. The van der Waals surface area contributed by atoms with Crippen molar-refractivity contribution >= 4 is 17.6 Å². The van der Waals surface area contributed by atoms with Gasteiger partial charge in [0.25, 0.3) is 0 Å². The van der Waals surface area contributed by atoms with Crippen LogP contribution >= 0.6 is 0 Å². The predicted octanol–water partition coefficient (Wildman–Crippen LogP) is 1.28. The molecule has 94 valence electrons. The molecule has 1 aliphatic carbocycles. The summed E-state index contributed by atoms with van der Waals surface area (Å²) in [5, 5.41) is 9.05. The number of fused-ring (bicyclic) bond motifs is 1. The third-order valence-corrected chi connectivity index (χ3v) is 3.24. The number of hydrogen-bond donors (Lipinski definition) is 1. The summed E-state index contributed by atoms with van der Waals surface area (Å²) in [4.78, 5) is 24.8. The lowest BCUT2D eigenvalue weighted by Gasteiger charge is -2.33. The minimum Gasteiger partial charge on any atom is -0.478 e. The molecule has 1 amide bonds. The summed E-state index contributed by atoms with van der Waals surface area (Å²) in [5.41, 5.74) is 0.673. The number of nitrogens with zero attached hydrogens (tertiary/aromatic N) is 1. The van der Waals surface area contributed by atoms with Gasteiger partial charge in [-0.2, -0.15) is 0 Å². The van der Waals surface area contributed by atoms with Crippen molar-refractivity contribution in [1.29, 1.82) is 0 Å². The van der Waals surface area contributed by atoms with Gasteiger partial charge in [0.1, 0.15) is 5.75 Å². The van der Waals surface area contributed by atoms with Gasteiger partial charge in [-0.3, -0.25) is 4.79 Å². The molecular weight excluding hydrogens is 234 g/mol. The van der Waals surface area contributed by atoms with Crippen LogP contribution in [0, 0.1) is 5.92 Å². The van der Waals surface area contributed by atoms with Gasteiger partial charge in [-0.1, -0.05) is 12.1 Å². The highest BCUT2D eigenvalue weighted by atomic mass is 16.5. The standard InChI is InChI=1S/C13H13NO4/c15-12(8-5-6-8)14-7-11(13(16)17)18-10-4-2-1-3-9(10)14/h1-4,8,11H,5-7H2,(H,16,17)/t11-/m1/s1. The molecule has 1 aromatic rings. The summed E-state index contributed by atoms with van der Waals surface area (Å²) in [6.45, 7) is 0.0850. The number of hydrogen-bond acceptors (Lipinski definition) is 3. The number of rotatable bonds is 2. The Balaban J connectivity index is 1.96. The number of aliphatic carboxylic acids is 1. The normalized spacial score (nSPS) is 22.0. The van der Waals surface area contributed by atoms with Gasteiger partial charge in [0.05, 0.1) is 12.2 Å². The maximum Gasteiger partial charge on any atom is 0.346 e. The molecule has 18 heavy (non-hydrogen) atoms. The highest BCUT2D eigenvalue weighted by Gasteiger charge is 2.39. The zero-order valence-electron chi connectivity index (χ0n) is 9.70. The van der Waals surface area contributed by atoms with Gasteiger partial charge in [0.2, 0.25) is 12.0 Å². The largest absolute Gasteiger partial charge is 0.478 e. The average molecular weight is 247 g/mol. The lowest BCUT2D eigenvalue weighted by atomic mass is 10.1. The Bertz CT molecular complexity index is 509.